The first-order valence-corrected chi connectivity index (χ1v) is 21.1. The quantitative estimate of drug-likeness (QED) is 0.0561. The molecule has 0 unspecified atom stereocenters. The molecule has 18 nitrogen and oxygen atoms in total. The molecule has 2 aromatic carbocycles. The molecule has 360 valence electrons. The van der Waals surface area contributed by atoms with Crippen molar-refractivity contribution in [2.24, 2.45) is 0 Å². The van der Waals surface area contributed by atoms with Crippen molar-refractivity contribution in [2.75, 3.05) is 159 Å². The Hall–Kier alpha value is -3.18. The lowest BCUT2D eigenvalue weighted by atomic mass is 10.2. The molecule has 0 fully saturated rings. The van der Waals surface area contributed by atoms with Crippen molar-refractivity contribution in [1.82, 2.24) is 0 Å². The number of carbonyl (C=O) groups excluding carboxylic acids is 2. The van der Waals surface area contributed by atoms with E-state index in [2.05, 4.69) is 0 Å². The summed E-state index contributed by atoms with van der Waals surface area (Å²) in [6.45, 7) is 13.8. The number of ether oxygens (including phenoxy) is 12. The second kappa shape index (κ2) is 54.0. The van der Waals surface area contributed by atoms with Crippen molar-refractivity contribution < 1.29 is 86.9 Å². The van der Waals surface area contributed by atoms with Crippen LogP contribution >= 0.6 is 0 Å². The van der Waals surface area contributed by atoms with Crippen molar-refractivity contribution in [3.05, 3.63) is 71.8 Å². The van der Waals surface area contributed by atoms with Crippen LogP contribution in [0.5, 0.6) is 0 Å². The van der Waals surface area contributed by atoms with E-state index >= 15 is 0 Å². The highest BCUT2D eigenvalue weighted by molar-refractivity contribution is 5.69. The maximum atomic E-state index is 10.8. The number of hydrogen-bond acceptors (Lipinski definition) is 18. The maximum Gasteiger partial charge on any atom is 0.305 e. The molecule has 0 spiro atoms. The molecule has 62 heavy (non-hydrogen) atoms. The molecule has 18 heteroatoms. The van der Waals surface area contributed by atoms with Crippen LogP contribution < -0.4 is 0 Å². The number of esters is 2. The molecule has 2 rings (SSSR count). The molecule has 2 aromatic rings. The molecule has 4 N–H and O–H groups in total. The van der Waals surface area contributed by atoms with Gasteiger partial charge in [0.05, 0.1) is 159 Å². The summed E-state index contributed by atoms with van der Waals surface area (Å²) in [6.07, 6.45) is 0.783. The second-order valence-electron chi connectivity index (χ2n) is 12.0. The van der Waals surface area contributed by atoms with Crippen LogP contribution in [0.15, 0.2) is 60.7 Å². The third kappa shape index (κ3) is 51.2. The zero-order chi connectivity index (χ0) is 45.7. The molecule has 0 heterocycles. The van der Waals surface area contributed by atoms with E-state index in [1.54, 1.807) is 13.8 Å². The lowest BCUT2D eigenvalue weighted by Gasteiger charge is -2.07. The fourth-order valence-corrected chi connectivity index (χ4v) is 3.94. The van der Waals surface area contributed by atoms with E-state index in [0.717, 1.165) is 5.56 Å². The van der Waals surface area contributed by atoms with E-state index in [9.17, 15) is 9.59 Å². The van der Waals surface area contributed by atoms with Crippen molar-refractivity contribution in [3.8, 4) is 0 Å². The highest BCUT2D eigenvalue weighted by Gasteiger charge is 1.99. The zero-order valence-electron chi connectivity index (χ0n) is 37.1. The number of hydrogen-bond donors (Lipinski definition) is 4. The van der Waals surface area contributed by atoms with Gasteiger partial charge >= 0.3 is 11.9 Å². The Morgan fingerprint density at radius 2 is 0.565 bits per heavy atom. The summed E-state index contributed by atoms with van der Waals surface area (Å²) < 4.78 is 61.3. The van der Waals surface area contributed by atoms with E-state index in [-0.39, 0.29) is 45.0 Å². The van der Waals surface area contributed by atoms with Gasteiger partial charge in [-0.25, -0.2) is 0 Å². The Morgan fingerprint density at radius 3 is 0.806 bits per heavy atom. The molecule has 0 aliphatic carbocycles. The largest absolute Gasteiger partial charge is 0.463 e. The number of rotatable bonds is 38. The van der Waals surface area contributed by atoms with Gasteiger partial charge in [0.15, 0.2) is 0 Å². The molecular formula is C44H76O18. The fraction of sp³-hybridized carbons (Fsp3) is 0.682. The average molecular weight is 893 g/mol. The van der Waals surface area contributed by atoms with Gasteiger partial charge in [-0.3, -0.25) is 9.59 Å². The summed E-state index contributed by atoms with van der Waals surface area (Å²) in [5, 5.41) is 33.4. The van der Waals surface area contributed by atoms with Gasteiger partial charge in [-0.05, 0) is 11.1 Å². The van der Waals surface area contributed by atoms with Crippen LogP contribution in [0, 0.1) is 0 Å². The molecule has 0 saturated heterocycles. The van der Waals surface area contributed by atoms with Crippen LogP contribution in [0.1, 0.15) is 37.8 Å². The van der Waals surface area contributed by atoms with Crippen molar-refractivity contribution in [1.29, 1.82) is 0 Å². The molecule has 0 aliphatic rings. The summed E-state index contributed by atoms with van der Waals surface area (Å²) in [5.41, 5.74) is 2.32. The van der Waals surface area contributed by atoms with Gasteiger partial charge < -0.3 is 77.3 Å². The average Bonchev–Trinajstić information content (AvgIpc) is 3.30. The molecule has 0 atom stereocenters. The number of aliphatic hydroxyl groups is 4. The van der Waals surface area contributed by atoms with Crippen LogP contribution in [0.25, 0.3) is 0 Å². The lowest BCUT2D eigenvalue weighted by molar-refractivity contribution is -0.145. The fourth-order valence-electron chi connectivity index (χ4n) is 3.94. The van der Waals surface area contributed by atoms with Gasteiger partial charge in [-0.1, -0.05) is 74.5 Å². The normalized spacial score (nSPS) is 10.4. The van der Waals surface area contributed by atoms with Crippen LogP contribution in [0.4, 0.5) is 0 Å². The summed E-state index contributed by atoms with van der Waals surface area (Å²) in [4.78, 5) is 21.5. The monoisotopic (exact) mass is 893 g/mol. The Morgan fingerprint density at radius 1 is 0.339 bits per heavy atom. The van der Waals surface area contributed by atoms with Gasteiger partial charge in [-0.2, -0.15) is 0 Å². The Kier molecular flexibility index (Phi) is 53.0. The molecule has 0 radical (unpaired) electrons. The van der Waals surface area contributed by atoms with E-state index in [1.165, 1.54) is 5.56 Å². The minimum Gasteiger partial charge on any atom is -0.463 e. The minimum absolute atomic E-state index is 0.0219. The van der Waals surface area contributed by atoms with Crippen LogP contribution in [-0.2, 0) is 79.6 Å². The Bertz CT molecular complexity index is 1140. The third-order valence-electron chi connectivity index (χ3n) is 6.96. The molecule has 0 amide bonds. The zero-order valence-corrected chi connectivity index (χ0v) is 37.1. The van der Waals surface area contributed by atoms with E-state index in [4.69, 9.17) is 77.3 Å². The van der Waals surface area contributed by atoms with Crippen molar-refractivity contribution in [3.63, 3.8) is 0 Å². The Balaban J connectivity index is 0. The Labute approximate surface area is 368 Å². The van der Waals surface area contributed by atoms with Crippen LogP contribution in [-0.4, -0.2) is 191 Å². The highest BCUT2D eigenvalue weighted by atomic mass is 16.6. The van der Waals surface area contributed by atoms with Crippen molar-refractivity contribution in [2.45, 2.75) is 39.9 Å². The summed E-state index contributed by atoms with van der Waals surface area (Å²) in [5.74, 6) is -0.421. The third-order valence-corrected chi connectivity index (χ3v) is 6.96. The van der Waals surface area contributed by atoms with Gasteiger partial charge in [0, 0.05) is 12.8 Å². The molecule has 0 aromatic heterocycles. The van der Waals surface area contributed by atoms with Crippen molar-refractivity contribution >= 4 is 11.9 Å². The minimum atomic E-state index is -0.217. The van der Waals surface area contributed by atoms with Gasteiger partial charge in [0.25, 0.3) is 0 Å². The summed E-state index contributed by atoms with van der Waals surface area (Å²) in [7, 11) is 0. The van der Waals surface area contributed by atoms with E-state index in [0.29, 0.717) is 152 Å². The number of aliphatic hydroxyl groups excluding tert-OH is 4. The summed E-state index contributed by atoms with van der Waals surface area (Å²) >= 11 is 0. The van der Waals surface area contributed by atoms with E-state index < -0.39 is 0 Å². The molecule has 0 aliphatic heterocycles. The molecular weight excluding hydrogens is 816 g/mol. The van der Waals surface area contributed by atoms with E-state index in [1.807, 2.05) is 60.7 Å². The number of benzene rings is 2. The lowest BCUT2D eigenvalue weighted by Crippen LogP contribution is -2.13. The smallest absolute Gasteiger partial charge is 0.305 e. The predicted molar refractivity (Wildman–Crippen MR) is 230 cm³/mol. The van der Waals surface area contributed by atoms with Gasteiger partial charge in [0.2, 0.25) is 0 Å². The first-order chi connectivity index (χ1) is 30.5. The predicted octanol–water partition coefficient (Wildman–Crippen LogP) is 2.39. The molecule has 0 saturated carbocycles. The molecule has 0 bridgehead atoms. The van der Waals surface area contributed by atoms with Gasteiger partial charge in [0.1, 0.15) is 13.2 Å². The maximum absolute atomic E-state index is 10.8. The SMILES string of the molecule is CCC(=O)OCCOCCOCCO.CCC(=O)OCCOCCOCCOCc1ccccc1.OCCOCCOCCO.OCCOCCOCCOCc1ccccc1. The van der Waals surface area contributed by atoms with Crippen LogP contribution in [0.3, 0.4) is 0 Å². The van der Waals surface area contributed by atoms with Gasteiger partial charge in [-0.15, -0.1) is 0 Å². The standard InChI is InChI=1S/C16H24O5.C13H20O4.C9H18O5.C6H14O4/c1-2-16(17)21-13-12-19-9-8-18-10-11-20-14-15-6-4-3-5-7-15;14-6-7-15-8-9-16-10-11-17-12-13-4-2-1-3-5-13;1-2-9(11)14-8-7-13-6-5-12-4-3-10;7-1-3-9-5-6-10-4-2-8/h3-7H,2,8-14H2,1H3;1-5,14H,6-12H2;10H,2-8H2,1H3;7-8H,1-6H2. The first-order valence-electron chi connectivity index (χ1n) is 21.1. The first kappa shape index (κ1) is 60.9. The topological polar surface area (TPSA) is 226 Å². The van der Waals surface area contributed by atoms with Crippen LogP contribution in [0.2, 0.25) is 0 Å². The number of carbonyl (C=O) groups is 2. The summed E-state index contributed by atoms with van der Waals surface area (Å²) in [6, 6.07) is 20.1. The second-order valence-corrected chi connectivity index (χ2v) is 12.0. The highest BCUT2D eigenvalue weighted by Crippen LogP contribution is 2.01.